The van der Waals surface area contributed by atoms with E-state index in [0.717, 1.165) is 15.7 Å². The number of nitrogens with one attached hydrogen (secondary N) is 1. The molecule has 72 valence electrons. The van der Waals surface area contributed by atoms with Crippen LogP contribution in [0, 0.1) is 0 Å². The summed E-state index contributed by atoms with van der Waals surface area (Å²) in [4.78, 5) is 0. The summed E-state index contributed by atoms with van der Waals surface area (Å²) in [6.45, 7) is 2.37. The van der Waals surface area contributed by atoms with E-state index < -0.39 is 0 Å². The Kier molecular flexibility index (Phi) is 5.25. The molecule has 1 aliphatic heterocycles. The second-order valence-electron chi connectivity index (χ2n) is 2.91. The fourth-order valence-electron chi connectivity index (χ4n) is 1.58. The lowest BCUT2D eigenvalue weighted by Gasteiger charge is -2.35. The molecule has 0 amide bonds. The van der Waals surface area contributed by atoms with Gasteiger partial charge in [0.15, 0.2) is 0 Å². The Hall–Kier alpha value is 1.01. The van der Waals surface area contributed by atoms with Crippen LogP contribution in [-0.2, 0) is 0 Å². The van der Waals surface area contributed by atoms with Crippen molar-refractivity contribution in [1.82, 2.24) is 5.32 Å². The first-order valence-corrected chi connectivity index (χ1v) is 7.99. The number of hydrogen-bond acceptors (Lipinski definition) is 4. The highest BCUT2D eigenvalue weighted by atomic mass is 32.2. The fraction of sp³-hybridized carbons (Fsp3) is 1.00. The van der Waals surface area contributed by atoms with Crippen LogP contribution in [0.4, 0.5) is 0 Å². The monoisotopic (exact) mass is 223 g/mol. The first-order valence-electron chi connectivity index (χ1n) is 4.12. The van der Waals surface area contributed by atoms with Gasteiger partial charge in [0.25, 0.3) is 0 Å². The van der Waals surface area contributed by atoms with Crippen molar-refractivity contribution in [1.29, 1.82) is 0 Å². The van der Waals surface area contributed by atoms with Crippen LogP contribution in [-0.4, -0.2) is 47.6 Å². The lowest BCUT2D eigenvalue weighted by atomic mass is 10.1. The molecule has 1 rings (SSSR count). The normalized spacial score (nSPS) is 36.8. The molecule has 12 heavy (non-hydrogen) atoms. The van der Waals surface area contributed by atoms with Crippen LogP contribution in [0.1, 0.15) is 0 Å². The minimum atomic E-state index is 0.797. The van der Waals surface area contributed by atoms with Gasteiger partial charge in [0.1, 0.15) is 0 Å². The largest absolute Gasteiger partial charge is 0.314 e. The van der Waals surface area contributed by atoms with Gasteiger partial charge in [0, 0.05) is 28.8 Å². The number of hydrogen-bond donors (Lipinski definition) is 1. The van der Waals surface area contributed by atoms with Gasteiger partial charge in [-0.1, -0.05) is 0 Å². The lowest BCUT2D eigenvalue weighted by molar-refractivity contribution is 0.555. The summed E-state index contributed by atoms with van der Waals surface area (Å²) in [5.41, 5.74) is 0. The van der Waals surface area contributed by atoms with Gasteiger partial charge < -0.3 is 5.32 Å². The number of thioether (sulfide) groups is 3. The minimum Gasteiger partial charge on any atom is -0.314 e. The summed E-state index contributed by atoms with van der Waals surface area (Å²) in [7, 11) is 0. The van der Waals surface area contributed by atoms with Gasteiger partial charge in [-0.2, -0.15) is 35.3 Å². The Morgan fingerprint density at radius 1 is 0.917 bits per heavy atom. The van der Waals surface area contributed by atoms with E-state index >= 15 is 0 Å². The smallest absolute Gasteiger partial charge is 0.0306 e. The minimum absolute atomic E-state index is 0.797. The molecule has 0 spiro atoms. The van der Waals surface area contributed by atoms with E-state index in [4.69, 9.17) is 0 Å². The third kappa shape index (κ3) is 2.50. The molecule has 1 N–H and O–H groups in total. The molecular weight excluding hydrogens is 206 g/mol. The summed E-state index contributed by atoms with van der Waals surface area (Å²) >= 11 is 6.03. The van der Waals surface area contributed by atoms with Crippen molar-refractivity contribution in [3.8, 4) is 0 Å². The van der Waals surface area contributed by atoms with Gasteiger partial charge in [0.2, 0.25) is 0 Å². The lowest BCUT2D eigenvalue weighted by Crippen LogP contribution is -2.49. The highest BCUT2D eigenvalue weighted by Crippen LogP contribution is 2.31. The third-order valence-corrected chi connectivity index (χ3v) is 5.98. The molecule has 0 aromatic rings. The van der Waals surface area contributed by atoms with Crippen LogP contribution in [0.2, 0.25) is 0 Å². The van der Waals surface area contributed by atoms with E-state index in [1.807, 2.05) is 35.3 Å². The second kappa shape index (κ2) is 5.68. The zero-order valence-electron chi connectivity index (χ0n) is 7.87. The van der Waals surface area contributed by atoms with Gasteiger partial charge in [-0.05, 0) is 18.8 Å². The summed E-state index contributed by atoms with van der Waals surface area (Å²) < 4.78 is 0. The summed E-state index contributed by atoms with van der Waals surface area (Å²) in [6.07, 6.45) is 6.68. The first kappa shape index (κ1) is 11.1. The SMILES string of the molecule is CSC1CNCC(SC)C1SC. The molecule has 0 saturated carbocycles. The molecular formula is C8H17NS3. The van der Waals surface area contributed by atoms with Crippen molar-refractivity contribution in [3.63, 3.8) is 0 Å². The van der Waals surface area contributed by atoms with Crippen LogP contribution in [0.25, 0.3) is 0 Å². The average Bonchev–Trinajstić information content (AvgIpc) is 2.16. The average molecular weight is 223 g/mol. The summed E-state index contributed by atoms with van der Waals surface area (Å²) in [5, 5.41) is 5.92. The van der Waals surface area contributed by atoms with E-state index in [1.165, 1.54) is 13.1 Å². The van der Waals surface area contributed by atoms with Gasteiger partial charge in [-0.25, -0.2) is 0 Å². The van der Waals surface area contributed by atoms with Gasteiger partial charge >= 0.3 is 0 Å². The molecule has 1 aliphatic rings. The Morgan fingerprint density at radius 2 is 1.42 bits per heavy atom. The molecule has 1 saturated heterocycles. The van der Waals surface area contributed by atoms with Gasteiger partial charge in [0.05, 0.1) is 0 Å². The summed E-state index contributed by atoms with van der Waals surface area (Å²) in [6, 6.07) is 0. The maximum Gasteiger partial charge on any atom is 0.0306 e. The van der Waals surface area contributed by atoms with Crippen LogP contribution in [0.5, 0.6) is 0 Å². The van der Waals surface area contributed by atoms with E-state index in [9.17, 15) is 0 Å². The molecule has 1 heterocycles. The molecule has 0 aliphatic carbocycles. The maximum atomic E-state index is 3.50. The van der Waals surface area contributed by atoms with Gasteiger partial charge in [-0.3, -0.25) is 0 Å². The molecule has 0 radical (unpaired) electrons. The van der Waals surface area contributed by atoms with Crippen molar-refractivity contribution < 1.29 is 0 Å². The molecule has 4 heteroatoms. The van der Waals surface area contributed by atoms with Crippen molar-refractivity contribution >= 4 is 35.3 Å². The van der Waals surface area contributed by atoms with E-state index in [2.05, 4.69) is 24.1 Å². The van der Waals surface area contributed by atoms with Crippen LogP contribution in [0.15, 0.2) is 0 Å². The van der Waals surface area contributed by atoms with Crippen molar-refractivity contribution in [2.24, 2.45) is 0 Å². The first-order chi connectivity index (χ1) is 5.83. The Labute approximate surface area is 88.2 Å². The van der Waals surface area contributed by atoms with E-state index in [1.54, 1.807) is 0 Å². The topological polar surface area (TPSA) is 12.0 Å². The van der Waals surface area contributed by atoms with E-state index in [-0.39, 0.29) is 0 Å². The molecule has 1 fully saturated rings. The molecule has 1 nitrogen and oxygen atoms in total. The van der Waals surface area contributed by atoms with Crippen LogP contribution < -0.4 is 5.32 Å². The number of rotatable bonds is 3. The quantitative estimate of drug-likeness (QED) is 0.782. The molecule has 0 aromatic carbocycles. The zero-order chi connectivity index (χ0) is 8.97. The third-order valence-electron chi connectivity index (χ3n) is 2.30. The molecule has 0 aromatic heterocycles. The highest BCUT2D eigenvalue weighted by molar-refractivity contribution is 8.05. The van der Waals surface area contributed by atoms with Crippen LogP contribution in [0.3, 0.4) is 0 Å². The molecule has 0 bridgehead atoms. The predicted molar refractivity (Wildman–Crippen MR) is 64.8 cm³/mol. The van der Waals surface area contributed by atoms with Gasteiger partial charge in [-0.15, -0.1) is 0 Å². The molecule has 2 unspecified atom stereocenters. The summed E-state index contributed by atoms with van der Waals surface area (Å²) in [5.74, 6) is 0. The second-order valence-corrected chi connectivity index (χ2v) is 6.08. The van der Waals surface area contributed by atoms with Crippen molar-refractivity contribution in [3.05, 3.63) is 0 Å². The van der Waals surface area contributed by atoms with Crippen LogP contribution >= 0.6 is 35.3 Å². The zero-order valence-corrected chi connectivity index (χ0v) is 10.3. The predicted octanol–water partition coefficient (Wildman–Crippen LogP) is 1.78. The standard InChI is InChI=1S/C8H17NS3/c1-10-6-4-9-5-7(11-2)8(6)12-3/h6-9H,4-5H2,1-3H3. The highest BCUT2D eigenvalue weighted by Gasteiger charge is 2.31. The fourth-order valence-corrected chi connectivity index (χ4v) is 5.30. The Morgan fingerprint density at radius 3 is 1.75 bits per heavy atom. The Balaban J connectivity index is 2.52. The van der Waals surface area contributed by atoms with Crippen molar-refractivity contribution in [2.45, 2.75) is 15.7 Å². The molecule has 2 atom stereocenters. The Bertz CT molecular complexity index is 119. The maximum absolute atomic E-state index is 3.50. The van der Waals surface area contributed by atoms with E-state index in [0.29, 0.717) is 0 Å². The van der Waals surface area contributed by atoms with Crippen molar-refractivity contribution in [2.75, 3.05) is 31.9 Å². The number of piperidine rings is 1.